The number of aromatic amines is 1. The molecule has 0 aliphatic carbocycles. The van der Waals surface area contributed by atoms with Crippen LogP contribution >= 0.6 is 11.8 Å². The fourth-order valence-corrected chi connectivity index (χ4v) is 18.9. The number of fused-ring (bicyclic) bond motifs is 4. The number of phenolic OH excluding ortho intramolecular Hbond substituents is 1. The lowest BCUT2D eigenvalue weighted by atomic mass is 9.99. The summed E-state index contributed by atoms with van der Waals surface area (Å²) in [5.74, 6) is -19.6. The number of rotatable bonds is 33. The molecular formula is C97H138N24O22S. The number of benzene rings is 3. The zero-order chi connectivity index (χ0) is 105. The summed E-state index contributed by atoms with van der Waals surface area (Å²) in [4.78, 5) is 279. The molecule has 3 fully saturated rings. The standard InChI is InChI=1S/C97H138N24O22S/c1-7-9-27-75-89(136)109-66(26-19-38-104-97(101)102)86(133)115-73(84(131)106-49-79(100)124)53-144-54-80(125)107-70(41-56-31-33-60(122)34-32-56)92(139)116(4)55(3)83(130)113-72(46-81(126)127)95(142)120-40-20-30-76(120)90(137)111-68(42-57-35-39-103-47-57)87(134)110-67(25-16-18-37-99)94(141)121-51-61(123)45-78(121)91(138)112-69(43-58-48-105-64-23-13-11-21-62(58)64)88(135)108-65(24-15-17-36-98)85(132)114-71(93(140)118(6)77(28-10-8-2)96(143)117(75)5)44-59-50-119(52-82(128)129)74-29-14-12-22-63(59)74/h11-14,21-23,29,31-34,39,47-48,50,55,61,65-73,75-78,105,122-123H,7-10,15-20,24-28,30,35-38,40-46,49,51-54,98-99H2,1-6H3,(H2,100,124)(H,106,131)(H,107,125)(H,108,135)(H,109,136)(H,110,134)(H,111,137)(H,112,138)(H,113,130)(H,114,132)(H,115,133)(H,126,127)(H,128,129)(H4,101,102,104)/t55-,61+,65-,66-,67-,68-,69-,70-,71-,72-,73-,75-,76-,77-,78-/m0/s1. The molecule has 3 saturated heterocycles. The van der Waals surface area contributed by atoms with E-state index in [0.29, 0.717) is 82.6 Å². The van der Waals surface area contributed by atoms with Crippen LogP contribution in [0.2, 0.25) is 0 Å². The summed E-state index contributed by atoms with van der Waals surface area (Å²) in [6, 6.07) is -2.83. The monoisotopic (exact) mass is 2020 g/mol. The molecule has 9 rings (SSSR count). The van der Waals surface area contributed by atoms with Gasteiger partial charge in [-0.05, 0) is 150 Å². The van der Waals surface area contributed by atoms with Crippen LogP contribution in [0.1, 0.15) is 166 Å². The molecule has 46 nitrogen and oxygen atoms in total. The van der Waals surface area contributed by atoms with Crippen molar-refractivity contribution >= 4 is 152 Å². The van der Waals surface area contributed by atoms with Gasteiger partial charge in [0.25, 0.3) is 0 Å². The fourth-order valence-electron chi connectivity index (χ4n) is 18.0. The van der Waals surface area contributed by atoms with E-state index in [1.54, 1.807) is 60.9 Å². The lowest BCUT2D eigenvalue weighted by Gasteiger charge is -2.36. The third-order valence-corrected chi connectivity index (χ3v) is 27.0. The zero-order valence-corrected chi connectivity index (χ0v) is 82.8. The van der Waals surface area contributed by atoms with Crippen molar-refractivity contribution in [1.29, 1.82) is 5.41 Å². The lowest BCUT2D eigenvalue weighted by Crippen LogP contribution is -2.61. The number of likely N-dealkylation sites (N-methyl/N-ethyl adjacent to an activating group) is 3. The van der Waals surface area contributed by atoms with Gasteiger partial charge in [-0.15, -0.1) is 11.8 Å². The van der Waals surface area contributed by atoms with Crippen molar-refractivity contribution in [3.63, 3.8) is 0 Å². The number of primary amides is 1. The Morgan fingerprint density at radius 3 is 1.74 bits per heavy atom. The molecule has 5 aromatic rings. The number of aromatic hydroxyl groups is 1. The maximum absolute atomic E-state index is 16.2. The van der Waals surface area contributed by atoms with E-state index in [1.165, 1.54) is 69.3 Å². The van der Waals surface area contributed by atoms with Crippen molar-refractivity contribution in [2.24, 2.45) is 27.9 Å². The number of H-pyrrole nitrogens is 1. The number of hydrogen-bond acceptors (Lipinski definition) is 25. The number of amides is 16. The number of aliphatic hydroxyl groups excluding tert-OH is 1. The van der Waals surface area contributed by atoms with Crippen LogP contribution < -0.4 is 81.4 Å². The van der Waals surface area contributed by atoms with Gasteiger partial charge in [0.15, 0.2) is 5.96 Å². The van der Waals surface area contributed by atoms with Crippen LogP contribution in [-0.4, -0.2) is 336 Å². The Morgan fingerprint density at radius 2 is 1.10 bits per heavy atom. The first-order chi connectivity index (χ1) is 68.7. The zero-order valence-electron chi connectivity index (χ0n) is 82.0. The molecule has 784 valence electrons. The second kappa shape index (κ2) is 55.5. The van der Waals surface area contributed by atoms with Crippen molar-refractivity contribution in [3.05, 3.63) is 114 Å². The average Bonchev–Trinajstić information content (AvgIpc) is 1.60. The van der Waals surface area contributed by atoms with Crippen LogP contribution in [0.4, 0.5) is 0 Å². The predicted molar refractivity (Wildman–Crippen MR) is 532 cm³/mol. The van der Waals surface area contributed by atoms with Gasteiger partial charge >= 0.3 is 11.9 Å². The Hall–Kier alpha value is -14.1. The number of guanidine groups is 1. The largest absolute Gasteiger partial charge is 0.508 e. The summed E-state index contributed by atoms with van der Waals surface area (Å²) in [5.41, 5.74) is 26.0. The maximum Gasteiger partial charge on any atom is 0.323 e. The van der Waals surface area contributed by atoms with E-state index in [-0.39, 0.29) is 128 Å². The highest BCUT2D eigenvalue weighted by molar-refractivity contribution is 8.00. The van der Waals surface area contributed by atoms with Gasteiger partial charge in [-0.3, -0.25) is 96.7 Å². The molecule has 0 spiro atoms. The highest BCUT2D eigenvalue weighted by atomic mass is 32.2. The third-order valence-electron chi connectivity index (χ3n) is 26.0. The average molecular weight is 2020 g/mol. The SMILES string of the molecule is CCCC[C@H]1C(=O)N(C)[C@@H](CCCC)C(=O)N[C@@H](CCCNC(=N)N)C(=O)N[C@H](C(=O)NCC(N)=O)CSCC(=O)N[C@@H](Cc2ccc(O)cc2)C(=O)N(C)[C@@H](C)C(=O)N[C@@H](CC(=O)O)C(=O)N2CCC[C@H]2C(=O)N[C@@H](CC2=CN=CC2)C(=O)N[C@@H](CCCCN)C(=O)N2C[C@H](O)C[C@H]2C(=O)N[C@@H](Cc2c[nH]c3ccccc23)C(=O)N[C@@H](CCCCN)C(=O)N[C@@H](Cc2cn(CC(=O)O)c3ccccc23)C(=O)N1C. The molecule has 0 saturated carbocycles. The number of para-hydroxylation sites is 2. The fraction of sp³-hybridized carbons (Fsp3) is 0.546. The molecule has 6 heterocycles. The smallest absolute Gasteiger partial charge is 0.323 e. The number of carbonyl (C=O) groups excluding carboxylic acids is 16. The van der Waals surface area contributed by atoms with Crippen molar-refractivity contribution in [2.75, 3.05) is 71.9 Å². The topological polar surface area (TPSA) is 698 Å². The molecule has 2 aromatic heterocycles. The predicted octanol–water partition coefficient (Wildman–Crippen LogP) is -1.77. The Kier molecular flexibility index (Phi) is 43.8. The van der Waals surface area contributed by atoms with Crippen LogP contribution in [0.3, 0.4) is 0 Å². The molecule has 4 aliphatic rings. The highest BCUT2D eigenvalue weighted by Gasteiger charge is 2.47. The molecule has 25 N–H and O–H groups in total. The number of nitrogens with zero attached hydrogens (tertiary/aromatic N) is 7. The first kappa shape index (κ1) is 114. The number of aliphatic carboxylic acids is 2. The van der Waals surface area contributed by atoms with Gasteiger partial charge in [-0.1, -0.05) is 88.1 Å². The maximum atomic E-state index is 16.2. The van der Waals surface area contributed by atoms with Gasteiger partial charge in [-0.2, -0.15) is 0 Å². The van der Waals surface area contributed by atoms with Crippen molar-refractivity contribution in [1.82, 2.24) is 92.5 Å². The summed E-state index contributed by atoms with van der Waals surface area (Å²) >= 11 is 0.742. The van der Waals surface area contributed by atoms with E-state index in [2.05, 4.69) is 68.5 Å². The molecule has 0 bridgehead atoms. The number of nitrogens with one attached hydrogen (secondary N) is 13. The molecule has 4 aliphatic heterocycles. The van der Waals surface area contributed by atoms with Crippen LogP contribution in [0.5, 0.6) is 5.75 Å². The molecule has 16 amide bonds. The molecule has 47 heteroatoms. The minimum absolute atomic E-state index is 0.0107. The minimum atomic E-state index is -1.91. The third kappa shape index (κ3) is 32.5. The molecule has 3 aromatic carbocycles. The molecular weight excluding hydrogens is 1890 g/mol. The van der Waals surface area contributed by atoms with E-state index in [4.69, 9.17) is 28.3 Å². The lowest BCUT2D eigenvalue weighted by molar-refractivity contribution is -0.149. The number of carboxylic acid groups (broad SMARTS) is 2. The number of aliphatic hydroxyl groups is 1. The van der Waals surface area contributed by atoms with E-state index in [1.807, 2.05) is 13.8 Å². The molecule has 144 heavy (non-hydrogen) atoms. The number of hydrogen-bond donors (Lipinski definition) is 21. The van der Waals surface area contributed by atoms with Crippen molar-refractivity contribution < 1.29 is 107 Å². The van der Waals surface area contributed by atoms with Gasteiger partial charge in [0.05, 0.1) is 24.8 Å². The first-order valence-corrected chi connectivity index (χ1v) is 49.9. The van der Waals surface area contributed by atoms with Crippen LogP contribution in [0.25, 0.3) is 21.8 Å². The quantitative estimate of drug-likeness (QED) is 0.0126. The summed E-state index contributed by atoms with van der Waals surface area (Å²) in [6.07, 6.45) is 4.30. The number of carbonyl (C=O) groups is 18. The second-order valence-corrected chi connectivity index (χ2v) is 37.8. The molecule has 0 radical (unpaired) electrons. The number of carboxylic acids is 2. The Balaban J connectivity index is 1.14. The van der Waals surface area contributed by atoms with Gasteiger partial charge in [0.2, 0.25) is 94.5 Å². The summed E-state index contributed by atoms with van der Waals surface area (Å²) in [7, 11) is 3.85. The minimum Gasteiger partial charge on any atom is -0.508 e. The Labute approximate surface area is 837 Å². The van der Waals surface area contributed by atoms with E-state index < -0.39 is 247 Å². The van der Waals surface area contributed by atoms with Crippen LogP contribution in [-0.2, 0) is 112 Å². The van der Waals surface area contributed by atoms with Crippen LogP contribution in [0.15, 0.2) is 102 Å². The van der Waals surface area contributed by atoms with Crippen molar-refractivity contribution in [2.45, 2.75) is 266 Å². The normalized spacial score (nSPS) is 24.3. The number of phenols is 1. The summed E-state index contributed by atoms with van der Waals surface area (Å²) in [6.45, 7) is 3.18. The Morgan fingerprint density at radius 1 is 0.542 bits per heavy atom. The first-order valence-electron chi connectivity index (χ1n) is 48.7. The number of unbranched alkanes of at least 4 members (excludes halogenated alkanes) is 4. The van der Waals surface area contributed by atoms with E-state index in [9.17, 15) is 63.6 Å². The number of thioether (sulfide) groups is 1. The number of aliphatic imine (C=N–C) groups is 1. The number of nitrogens with two attached hydrogens (primary N) is 4. The van der Waals surface area contributed by atoms with Crippen molar-refractivity contribution in [3.8, 4) is 5.75 Å². The highest BCUT2D eigenvalue weighted by Crippen LogP contribution is 2.30. The van der Waals surface area contributed by atoms with Gasteiger partial charge < -0.3 is 136 Å². The van der Waals surface area contributed by atoms with Gasteiger partial charge in [0.1, 0.15) is 96.9 Å². The summed E-state index contributed by atoms with van der Waals surface area (Å²) < 4.78 is 1.44. The van der Waals surface area contributed by atoms with Gasteiger partial charge in [-0.25, -0.2) is 0 Å². The van der Waals surface area contributed by atoms with E-state index >= 15 is 43.2 Å². The second-order valence-electron chi connectivity index (χ2n) is 36.7. The number of aromatic nitrogens is 2. The van der Waals surface area contributed by atoms with Crippen LogP contribution in [0, 0.1) is 5.41 Å². The van der Waals surface area contributed by atoms with Gasteiger partial charge in [0, 0.05) is 125 Å². The molecule has 0 unspecified atom stereocenters. The summed E-state index contributed by atoms with van der Waals surface area (Å²) in [5, 5.41) is 80.9. The Bertz CT molecular complexity index is 5480. The molecule has 15 atom stereocenters. The van der Waals surface area contributed by atoms with E-state index in [0.717, 1.165) is 36.3 Å².